The summed E-state index contributed by atoms with van der Waals surface area (Å²) in [4.78, 5) is 94.2. The van der Waals surface area contributed by atoms with Crippen molar-refractivity contribution in [3.8, 4) is 63.5 Å². The number of aliphatic hydroxyl groups is 1. The van der Waals surface area contributed by atoms with E-state index in [0.29, 0.717) is 69.8 Å². The first-order valence-corrected chi connectivity index (χ1v) is 46.1. The highest BCUT2D eigenvalue weighted by atomic mass is 35.6. The maximum Gasteiger partial charge on any atom is 0.408 e. The number of nitriles is 2. The number of nitrogens with zero attached hydrogens (tertiary/aromatic N) is 8. The Hall–Kier alpha value is -8.92. The molecule has 2 amide bonds. The summed E-state index contributed by atoms with van der Waals surface area (Å²) >= 11 is 37.8. The number of rotatable bonds is 22. The number of carbonyl (C=O) groups excluding carboxylic acids is 6. The van der Waals surface area contributed by atoms with Crippen molar-refractivity contribution in [1.29, 1.82) is 10.5 Å². The van der Waals surface area contributed by atoms with Crippen LogP contribution in [0.3, 0.4) is 0 Å². The Morgan fingerprint density at radius 3 is 1.78 bits per heavy atom. The van der Waals surface area contributed by atoms with Crippen molar-refractivity contribution in [2.24, 2.45) is 0 Å². The van der Waals surface area contributed by atoms with E-state index >= 15 is 0 Å². The third kappa shape index (κ3) is 18.6. The molecule has 698 valence electrons. The number of hydrogen-bond donors (Lipinski definition) is 3. The number of fused-ring (bicyclic) bond motifs is 20. The standard InChI is InChI=1S/C48H49Cl3N4O11S.C36H39Cl3N4O11S.C6H14N2/c1-24-14-26-15-33-35(17-52)55-34(39(54(33)3)37(26)42(40(24)61-5)64-22-60-4)16-47(59)38(43-41(65-23-66-43)25(2)44(47)56)36(55)18-62-45(57)32(53-46(58)63-21-48(49,50)51)20-67-19-31-29-12-8-6-10-27(29)28-11-7-9-13-30(28)31;1-15-7-18-8-20-21(9-40)43-22-10-49-34(45)19(41-35(46)50-12-36(37,38)39)11-55-33(25-24(22)32-30(52-14-53-32)16(2)29(25)54-17(3)44)27(43)26(42(20)4)23(18)31(28(15)48-6)51-13-47-5;1-6(7(2)3)8(4)5/h6-14,31-36,39,59H,15-16,18-23H2,1-5H3,(H,53,58);7,19-22,26-27,33H,8,10-14H2,1-6H3,(H,41,46);1H2,2-5H3/t32-,33+,34?,35+,36+,39+,47?;19-,20-,21-,22-,26+,27?,33+;/m10./s1. The minimum absolute atomic E-state index is 0.00728. The number of thioether (sulfide) groups is 2. The molecule has 130 heavy (non-hydrogen) atoms. The van der Waals surface area contributed by atoms with Crippen molar-refractivity contribution in [2.75, 3.05) is 142 Å². The predicted molar refractivity (Wildman–Crippen MR) is 485 cm³/mol. The number of ether oxygens (including phenoxy) is 15. The molecule has 11 aliphatic rings. The molecular formula is C90H102Cl6N10O22S2. The lowest BCUT2D eigenvalue weighted by molar-refractivity contribution is -0.159. The fraction of sp³-hybridized carbons (Fsp3) is 0.511. The number of esters is 3. The highest BCUT2D eigenvalue weighted by molar-refractivity contribution is 7.99. The van der Waals surface area contributed by atoms with Gasteiger partial charge in [0.25, 0.3) is 0 Å². The zero-order valence-corrected chi connectivity index (χ0v) is 80.3. The van der Waals surface area contributed by atoms with Crippen molar-refractivity contribution in [1.82, 2.24) is 40.0 Å². The number of carbonyl (C=O) groups is 6. The second-order valence-electron chi connectivity index (χ2n) is 33.5. The first kappa shape index (κ1) is 97.1. The summed E-state index contributed by atoms with van der Waals surface area (Å²) in [5.74, 6) is 2.26. The predicted octanol–water partition coefficient (Wildman–Crippen LogP) is 12.2. The zero-order chi connectivity index (χ0) is 93.8. The molecule has 3 unspecified atom stereocenters. The number of piperazine rings is 2. The van der Waals surface area contributed by atoms with Crippen LogP contribution in [0.25, 0.3) is 11.1 Å². The van der Waals surface area contributed by atoms with Crippen LogP contribution in [0.4, 0.5) is 9.59 Å². The molecule has 0 aromatic heterocycles. The number of benzene rings is 5. The van der Waals surface area contributed by atoms with Gasteiger partial charge in [0.1, 0.15) is 56.3 Å². The largest absolute Gasteiger partial charge is 0.493 e. The van der Waals surface area contributed by atoms with Crippen LogP contribution in [0.2, 0.25) is 0 Å². The summed E-state index contributed by atoms with van der Waals surface area (Å²) < 4.78 is 83.9. The average Bonchev–Trinajstić information content (AvgIpc) is 0.988. The van der Waals surface area contributed by atoms with Crippen LogP contribution < -0.4 is 43.8 Å². The quantitative estimate of drug-likeness (QED) is 0.0190. The molecule has 5 fully saturated rings. The smallest absolute Gasteiger partial charge is 0.408 e. The van der Waals surface area contributed by atoms with E-state index in [0.717, 1.165) is 61.5 Å². The molecule has 14 atom stereocenters. The molecule has 0 saturated carbocycles. The first-order chi connectivity index (χ1) is 61.9. The third-order valence-electron chi connectivity index (χ3n) is 25.4. The molecule has 5 saturated heterocycles. The van der Waals surface area contributed by atoms with Gasteiger partial charge in [-0.1, -0.05) is 137 Å². The first-order valence-electron chi connectivity index (χ1n) is 41.7. The molecule has 16 rings (SSSR count). The molecule has 9 heterocycles. The third-order valence-corrected chi connectivity index (χ3v) is 28.6. The van der Waals surface area contributed by atoms with Gasteiger partial charge in [-0.2, -0.15) is 22.3 Å². The number of piperidine rings is 1. The van der Waals surface area contributed by atoms with E-state index in [1.807, 2.05) is 101 Å². The molecule has 5 aromatic rings. The topological polar surface area (TPSA) is 352 Å². The zero-order valence-electron chi connectivity index (χ0n) is 74.1. The van der Waals surface area contributed by atoms with E-state index in [1.54, 1.807) is 28.1 Å². The summed E-state index contributed by atoms with van der Waals surface area (Å²) in [7, 11) is 18.0. The minimum atomic E-state index is -2.18. The van der Waals surface area contributed by atoms with Gasteiger partial charge in [0, 0.05) is 142 Å². The van der Waals surface area contributed by atoms with E-state index in [2.05, 4.69) is 74.4 Å². The number of halogens is 6. The number of likely N-dealkylation sites (N-methyl/N-ethyl adjacent to an activating group) is 2. The number of Topliss-reactive ketones (excluding diaryl/α,β-unsaturated/α-hetero) is 1. The van der Waals surface area contributed by atoms with Crippen molar-refractivity contribution < 1.29 is 105 Å². The average molecular weight is 1950 g/mol. The lowest BCUT2D eigenvalue weighted by atomic mass is 9.65. The number of ketones is 1. The summed E-state index contributed by atoms with van der Waals surface area (Å²) in [5, 5.41) is 39.8. The number of alkyl halides is 6. The van der Waals surface area contributed by atoms with E-state index in [9.17, 15) is 44.4 Å². The van der Waals surface area contributed by atoms with Gasteiger partial charge in [0.05, 0.1) is 61.6 Å². The maximum absolute atomic E-state index is 14.6. The van der Waals surface area contributed by atoms with Gasteiger partial charge in [-0.25, -0.2) is 19.2 Å². The Labute approximate surface area is 791 Å². The summed E-state index contributed by atoms with van der Waals surface area (Å²) in [5.41, 5.74) is 9.67. The fourth-order valence-corrected chi connectivity index (χ4v) is 23.1. The molecule has 0 radical (unpaired) electrons. The van der Waals surface area contributed by atoms with Crippen LogP contribution in [0.15, 0.2) is 95.7 Å². The van der Waals surface area contributed by atoms with Crippen LogP contribution in [0.1, 0.15) is 111 Å². The Kier molecular flexibility index (Phi) is 29.7. The van der Waals surface area contributed by atoms with Gasteiger partial charge in [-0.05, 0) is 99.1 Å². The lowest BCUT2D eigenvalue weighted by Gasteiger charge is -2.62. The fourth-order valence-electron chi connectivity index (χ4n) is 20.1. The Morgan fingerprint density at radius 1 is 0.692 bits per heavy atom. The van der Waals surface area contributed by atoms with Crippen LogP contribution in [0.5, 0.6) is 40.2 Å². The highest BCUT2D eigenvalue weighted by Crippen LogP contribution is 2.65. The van der Waals surface area contributed by atoms with Gasteiger partial charge in [0.15, 0.2) is 71.0 Å². The number of aryl methyl sites for hydroxylation is 2. The summed E-state index contributed by atoms with van der Waals surface area (Å²) in [6.07, 6.45) is -1.24. The minimum Gasteiger partial charge on any atom is -0.493 e. The summed E-state index contributed by atoms with van der Waals surface area (Å²) in [6.45, 7) is 9.99. The van der Waals surface area contributed by atoms with Gasteiger partial charge in [0.2, 0.25) is 21.2 Å². The number of nitrogens with one attached hydrogen (secondary N) is 2. The van der Waals surface area contributed by atoms with Gasteiger partial charge < -0.3 is 96.6 Å². The number of amides is 2. The Balaban J connectivity index is 0.000000196. The van der Waals surface area contributed by atoms with Crippen molar-refractivity contribution in [2.45, 2.75) is 151 Å². The number of cyclic esters (lactones) is 1. The molecule has 2 aliphatic carbocycles. The highest BCUT2D eigenvalue weighted by Gasteiger charge is 2.66. The summed E-state index contributed by atoms with van der Waals surface area (Å²) in [6, 6.07) is 16.6. The number of alkyl carbamates (subject to hydrolysis) is 2. The second-order valence-corrected chi connectivity index (χ2v) is 40.7. The molecule has 5 aromatic carbocycles. The van der Waals surface area contributed by atoms with Crippen LogP contribution in [-0.4, -0.2) is 280 Å². The molecule has 0 spiro atoms. The Morgan fingerprint density at radius 2 is 1.23 bits per heavy atom. The van der Waals surface area contributed by atoms with E-state index in [4.69, 9.17) is 141 Å². The maximum atomic E-state index is 14.6. The van der Waals surface area contributed by atoms with Gasteiger partial charge in [-0.15, -0.1) is 11.8 Å². The number of methoxy groups -OCH3 is 4. The van der Waals surface area contributed by atoms with Crippen molar-refractivity contribution in [3.05, 3.63) is 157 Å². The van der Waals surface area contributed by atoms with Crippen molar-refractivity contribution >= 4 is 129 Å². The molecular weight excluding hydrogens is 1850 g/mol. The second kappa shape index (κ2) is 39.7. The lowest BCUT2D eigenvalue weighted by Crippen LogP contribution is -2.74. The van der Waals surface area contributed by atoms with E-state index in [1.165, 1.54) is 44.7 Å². The molecule has 40 heteroatoms. The van der Waals surface area contributed by atoms with Gasteiger partial charge >= 0.3 is 30.1 Å². The molecule has 32 nitrogen and oxygen atoms in total. The van der Waals surface area contributed by atoms with E-state index < -0.39 is 141 Å². The van der Waals surface area contributed by atoms with Gasteiger partial charge in [-0.3, -0.25) is 29.2 Å². The van der Waals surface area contributed by atoms with Crippen LogP contribution in [0, 0.1) is 43.4 Å². The molecule has 9 aliphatic heterocycles. The SMILES string of the molecule is C=C(N(C)C)N(C)C.COCOc1c(OC)c(C)cc2c1[C@@H]1C3CC4(O)C(=O)C(C)=C5OCOC5=C4[C@H](COC(=O)[C@@H](CSCC4c5ccccc5-c5ccccc54)NC(=O)OCC(Cl)(Cl)Cl)N3[C@@H](C#N)[C@H](C2)N1C.COCOc1c(OC)c(C)cc2c1[C@@H]1C3[C@@H]4SC[C@H](NC(=O)OCC(Cl)(Cl)Cl)C(=O)OC[C@@H](c5c6c(c(C)c(OC(C)=O)c54)OCO6)N3[C@@H](C#N)[C@H](C2)N1C. The van der Waals surface area contributed by atoms with Crippen molar-refractivity contribution in [3.63, 3.8) is 0 Å². The normalized spacial score (nSPS) is 25.0. The Bertz CT molecular complexity index is 5380. The number of hydrogen-bond acceptors (Lipinski definition) is 32. The molecule has 6 bridgehead atoms. The van der Waals surface area contributed by atoms with E-state index in [-0.39, 0.29) is 92.1 Å². The molecule has 3 N–H and O–H groups in total. The van der Waals surface area contributed by atoms with Crippen LogP contribution in [-0.2, 0) is 69.9 Å². The van der Waals surface area contributed by atoms with Crippen LogP contribution >= 0.6 is 93.1 Å². The monoisotopic (exact) mass is 1950 g/mol.